The minimum Gasteiger partial charge on any atom is -0.369 e. The molecule has 1 atom stereocenters. The molecular weight excluding hydrogens is 338 g/mol. The Kier molecular flexibility index (Phi) is 4.33. The Labute approximate surface area is 149 Å². The first-order valence-corrected chi connectivity index (χ1v) is 8.55. The van der Waals surface area contributed by atoms with Crippen LogP contribution >= 0.6 is 11.3 Å². The van der Waals surface area contributed by atoms with Crippen LogP contribution in [-0.4, -0.2) is 46.0 Å². The summed E-state index contributed by atoms with van der Waals surface area (Å²) in [6.07, 6.45) is 0.294. The molecule has 0 radical (unpaired) electrons. The first-order chi connectivity index (χ1) is 11.8. The van der Waals surface area contributed by atoms with E-state index in [9.17, 15) is 14.7 Å². The van der Waals surface area contributed by atoms with Gasteiger partial charge in [-0.3, -0.25) is 9.59 Å². The van der Waals surface area contributed by atoms with Gasteiger partial charge in [-0.1, -0.05) is 17.9 Å². The highest BCUT2D eigenvalue weighted by Gasteiger charge is 2.42. The summed E-state index contributed by atoms with van der Waals surface area (Å²) in [5.41, 5.74) is 6.33. The number of rotatable bonds is 2. The van der Waals surface area contributed by atoms with Crippen LogP contribution in [-0.2, 0) is 4.79 Å². The van der Waals surface area contributed by atoms with Crippen molar-refractivity contribution in [3.8, 4) is 22.4 Å². The number of aryl methyl sites for hydroxylation is 1. The second kappa shape index (κ2) is 6.31. The Balaban J connectivity index is 1.94. The van der Waals surface area contributed by atoms with Gasteiger partial charge in [0.25, 0.3) is 11.8 Å². The average Bonchev–Trinajstić information content (AvgIpc) is 3.16. The third-order valence-corrected chi connectivity index (χ3v) is 5.02. The van der Waals surface area contributed by atoms with Crippen molar-refractivity contribution in [2.45, 2.75) is 18.9 Å². The molecule has 0 spiro atoms. The van der Waals surface area contributed by atoms with Crippen LogP contribution in [0.1, 0.15) is 28.0 Å². The molecule has 2 amide bonds. The molecule has 1 aromatic heterocycles. The van der Waals surface area contributed by atoms with Gasteiger partial charge < -0.3 is 15.7 Å². The molecule has 0 bridgehead atoms. The number of nitrogens with zero attached hydrogens (tertiary/aromatic N) is 2. The van der Waals surface area contributed by atoms with Gasteiger partial charge in [-0.25, -0.2) is 4.98 Å². The quantitative estimate of drug-likeness (QED) is 0.790. The SMILES string of the molecule is Cc1ccc(C#C[C@]2(O)CCN(C)C2=O)cc1-c1nc(C(N)=O)cs1. The van der Waals surface area contributed by atoms with Crippen molar-refractivity contribution < 1.29 is 14.7 Å². The first kappa shape index (κ1) is 17.1. The molecule has 0 unspecified atom stereocenters. The molecular formula is C18H17N3O3S. The Morgan fingerprint density at radius 1 is 1.48 bits per heavy atom. The van der Waals surface area contributed by atoms with Gasteiger partial charge >= 0.3 is 0 Å². The highest BCUT2D eigenvalue weighted by molar-refractivity contribution is 7.13. The number of primary amides is 1. The fourth-order valence-electron chi connectivity index (χ4n) is 2.59. The number of aliphatic hydroxyl groups is 1. The number of aromatic nitrogens is 1. The monoisotopic (exact) mass is 355 g/mol. The van der Waals surface area contributed by atoms with E-state index in [-0.39, 0.29) is 11.6 Å². The smallest absolute Gasteiger partial charge is 0.268 e. The summed E-state index contributed by atoms with van der Waals surface area (Å²) in [4.78, 5) is 28.9. The molecule has 6 nitrogen and oxygen atoms in total. The number of benzene rings is 1. The Bertz CT molecular complexity index is 925. The van der Waals surface area contributed by atoms with Crippen molar-refractivity contribution in [3.63, 3.8) is 0 Å². The van der Waals surface area contributed by atoms with Gasteiger partial charge in [0.1, 0.15) is 10.7 Å². The fraction of sp³-hybridized carbons (Fsp3) is 0.278. The van der Waals surface area contributed by atoms with Gasteiger partial charge in [0, 0.05) is 36.5 Å². The molecule has 3 N–H and O–H groups in total. The third-order valence-electron chi connectivity index (χ3n) is 4.15. The van der Waals surface area contributed by atoms with Crippen molar-refractivity contribution >= 4 is 23.2 Å². The number of carbonyl (C=O) groups excluding carboxylic acids is 2. The van der Waals surface area contributed by atoms with Crippen LogP contribution in [0.15, 0.2) is 23.6 Å². The number of likely N-dealkylation sites (tertiary alicyclic amines) is 1. The zero-order chi connectivity index (χ0) is 18.2. The molecule has 0 saturated carbocycles. The largest absolute Gasteiger partial charge is 0.369 e. The average molecular weight is 355 g/mol. The maximum absolute atomic E-state index is 12.0. The number of carbonyl (C=O) groups is 2. The van der Waals surface area contributed by atoms with E-state index in [1.165, 1.54) is 16.2 Å². The summed E-state index contributed by atoms with van der Waals surface area (Å²) in [6.45, 7) is 2.42. The summed E-state index contributed by atoms with van der Waals surface area (Å²) < 4.78 is 0. The van der Waals surface area contributed by atoms with Crippen LogP contribution in [0.2, 0.25) is 0 Å². The predicted molar refractivity (Wildman–Crippen MR) is 94.9 cm³/mol. The third kappa shape index (κ3) is 3.27. The molecule has 0 aliphatic carbocycles. The lowest BCUT2D eigenvalue weighted by Gasteiger charge is -2.13. The van der Waals surface area contributed by atoms with E-state index < -0.39 is 11.5 Å². The van der Waals surface area contributed by atoms with Gasteiger partial charge in [-0.2, -0.15) is 0 Å². The molecule has 1 aromatic carbocycles. The van der Waals surface area contributed by atoms with Crippen molar-refractivity contribution in [2.75, 3.05) is 13.6 Å². The number of thiazole rings is 1. The van der Waals surface area contributed by atoms with E-state index in [0.29, 0.717) is 23.5 Å². The predicted octanol–water partition coefficient (Wildman–Crippen LogP) is 1.16. The van der Waals surface area contributed by atoms with Crippen molar-refractivity contribution in [2.24, 2.45) is 5.73 Å². The van der Waals surface area contributed by atoms with Crippen LogP contribution in [0.25, 0.3) is 10.6 Å². The summed E-state index contributed by atoms with van der Waals surface area (Å²) in [6, 6.07) is 5.54. The van der Waals surface area contributed by atoms with Gasteiger partial charge in [0.15, 0.2) is 0 Å². The van der Waals surface area contributed by atoms with E-state index >= 15 is 0 Å². The summed E-state index contributed by atoms with van der Waals surface area (Å²) in [5, 5.41) is 12.7. The van der Waals surface area contributed by atoms with E-state index in [1.807, 2.05) is 25.1 Å². The topological polar surface area (TPSA) is 96.5 Å². The van der Waals surface area contributed by atoms with Crippen molar-refractivity contribution in [1.29, 1.82) is 0 Å². The molecule has 128 valence electrons. The normalized spacial score (nSPS) is 19.6. The van der Waals surface area contributed by atoms with E-state index in [4.69, 9.17) is 5.73 Å². The van der Waals surface area contributed by atoms with Gasteiger partial charge in [0.2, 0.25) is 5.60 Å². The van der Waals surface area contributed by atoms with Gasteiger partial charge in [0.05, 0.1) is 0 Å². The van der Waals surface area contributed by atoms with Crippen LogP contribution in [0.3, 0.4) is 0 Å². The van der Waals surface area contributed by atoms with E-state index in [0.717, 1.165) is 11.1 Å². The standard InChI is InChI=1S/C18H17N3O3S/c1-11-3-4-12(5-6-18(24)7-8-21(2)17(18)23)9-13(11)16-20-14(10-25-16)15(19)22/h3-4,9-10,24H,7-8H2,1-2H3,(H2,19,22)/t18-/m0/s1. The number of nitrogens with two attached hydrogens (primary N) is 1. The molecule has 2 aromatic rings. The van der Waals surface area contributed by atoms with Gasteiger partial charge in [-0.05, 0) is 24.6 Å². The summed E-state index contributed by atoms with van der Waals surface area (Å²) >= 11 is 1.33. The first-order valence-electron chi connectivity index (χ1n) is 7.67. The van der Waals surface area contributed by atoms with E-state index in [1.54, 1.807) is 12.4 Å². The molecule has 7 heteroatoms. The molecule has 3 rings (SSSR count). The number of likely N-dealkylation sites (N-methyl/N-ethyl adjacent to an activating group) is 1. The molecule has 1 saturated heterocycles. The Morgan fingerprint density at radius 2 is 2.24 bits per heavy atom. The Morgan fingerprint density at radius 3 is 2.84 bits per heavy atom. The second-order valence-electron chi connectivity index (χ2n) is 6.02. The second-order valence-corrected chi connectivity index (χ2v) is 6.88. The van der Waals surface area contributed by atoms with Crippen molar-refractivity contribution in [3.05, 3.63) is 40.4 Å². The minimum absolute atomic E-state index is 0.227. The van der Waals surface area contributed by atoms with Crippen LogP contribution in [0, 0.1) is 18.8 Å². The number of amides is 2. The zero-order valence-electron chi connectivity index (χ0n) is 13.9. The maximum Gasteiger partial charge on any atom is 0.268 e. The molecule has 25 heavy (non-hydrogen) atoms. The van der Waals surface area contributed by atoms with Crippen LogP contribution in [0.5, 0.6) is 0 Å². The maximum atomic E-state index is 12.0. The lowest BCUT2D eigenvalue weighted by molar-refractivity contribution is -0.137. The van der Waals surface area contributed by atoms with E-state index in [2.05, 4.69) is 16.8 Å². The van der Waals surface area contributed by atoms with Crippen molar-refractivity contribution in [1.82, 2.24) is 9.88 Å². The summed E-state index contributed by atoms with van der Waals surface area (Å²) in [5.74, 6) is 4.64. The summed E-state index contributed by atoms with van der Waals surface area (Å²) in [7, 11) is 1.64. The minimum atomic E-state index is -1.62. The fourth-order valence-corrected chi connectivity index (χ4v) is 3.48. The number of hydrogen-bond donors (Lipinski definition) is 2. The molecule has 2 heterocycles. The lowest BCUT2D eigenvalue weighted by atomic mass is 10.0. The molecule has 1 aliphatic heterocycles. The highest BCUT2D eigenvalue weighted by atomic mass is 32.1. The molecule has 1 aliphatic rings. The van der Waals surface area contributed by atoms with Crippen LogP contribution in [0.4, 0.5) is 0 Å². The lowest BCUT2D eigenvalue weighted by Crippen LogP contribution is -2.37. The zero-order valence-corrected chi connectivity index (χ0v) is 14.7. The van der Waals surface area contributed by atoms with Crippen LogP contribution < -0.4 is 5.73 Å². The highest BCUT2D eigenvalue weighted by Crippen LogP contribution is 2.28. The molecule has 1 fully saturated rings. The number of hydrogen-bond acceptors (Lipinski definition) is 5. The Hall–Kier alpha value is -2.69. The van der Waals surface area contributed by atoms with Gasteiger partial charge in [-0.15, -0.1) is 11.3 Å².